The summed E-state index contributed by atoms with van der Waals surface area (Å²) in [6, 6.07) is 7.63. The fraction of sp³-hybridized carbons (Fsp3) is 0.222. The maximum atomic E-state index is 9.96. The molecule has 0 aliphatic rings. The first kappa shape index (κ1) is 7.79. The van der Waals surface area contributed by atoms with Gasteiger partial charge in [-0.1, -0.05) is 19.1 Å². The van der Waals surface area contributed by atoms with E-state index in [0.29, 0.717) is 6.41 Å². The lowest BCUT2D eigenvalue weighted by atomic mass is 10.1. The summed E-state index contributed by atoms with van der Waals surface area (Å²) in [6.07, 6.45) is 1.57. The summed E-state index contributed by atoms with van der Waals surface area (Å²) in [6.45, 7) is 2.09. The normalized spacial score (nSPS) is 9.18. The summed E-state index contributed by atoms with van der Waals surface area (Å²) in [7, 11) is 0. The number of carbonyl (C=O) groups is 1. The Labute approximate surface area is 66.2 Å². The van der Waals surface area contributed by atoms with E-state index in [1.807, 2.05) is 24.3 Å². The fourth-order valence-electron chi connectivity index (χ4n) is 0.879. The number of benzene rings is 1. The highest BCUT2D eigenvalue weighted by Crippen LogP contribution is 2.08. The average molecular weight is 148 g/mol. The van der Waals surface area contributed by atoms with Gasteiger partial charge >= 0.3 is 0 Å². The summed E-state index contributed by atoms with van der Waals surface area (Å²) in [5.74, 6) is 0. The molecule has 0 unspecified atom stereocenters. The lowest BCUT2D eigenvalue weighted by Crippen LogP contribution is -1.91. The van der Waals surface area contributed by atoms with Crippen molar-refractivity contribution in [1.29, 1.82) is 0 Å². The van der Waals surface area contributed by atoms with Crippen molar-refractivity contribution in [2.75, 3.05) is 0 Å². The predicted octanol–water partition coefficient (Wildman–Crippen LogP) is 1.64. The lowest BCUT2D eigenvalue weighted by Gasteiger charge is -1.96. The Morgan fingerprint density at radius 1 is 1.36 bits per heavy atom. The number of rotatable bonds is 3. The first-order valence-corrected chi connectivity index (χ1v) is 3.60. The molecule has 1 rings (SSSR count). The van der Waals surface area contributed by atoms with E-state index in [2.05, 4.69) is 12.2 Å². The zero-order valence-electron chi connectivity index (χ0n) is 6.45. The summed E-state index contributed by atoms with van der Waals surface area (Å²) < 4.78 is 0. The molecule has 0 fully saturated rings. The van der Waals surface area contributed by atoms with Gasteiger partial charge in [0.05, 0.1) is 5.69 Å². The molecule has 1 aromatic carbocycles. The van der Waals surface area contributed by atoms with Crippen LogP contribution in [0.1, 0.15) is 12.5 Å². The molecule has 11 heavy (non-hydrogen) atoms. The molecule has 1 aromatic rings. The molecule has 2 nitrogen and oxygen atoms in total. The predicted molar refractivity (Wildman–Crippen MR) is 43.7 cm³/mol. The molecule has 0 aromatic heterocycles. The Balaban J connectivity index is 2.74. The van der Waals surface area contributed by atoms with E-state index in [1.54, 1.807) is 0 Å². The van der Waals surface area contributed by atoms with E-state index in [4.69, 9.17) is 0 Å². The Bertz CT molecular complexity index is 228. The number of hydrogen-bond acceptors (Lipinski definition) is 1. The zero-order valence-corrected chi connectivity index (χ0v) is 6.45. The van der Waals surface area contributed by atoms with Crippen LogP contribution in [0.2, 0.25) is 0 Å². The molecular weight excluding hydrogens is 138 g/mol. The minimum absolute atomic E-state index is 0.557. The Hall–Kier alpha value is -1.31. The van der Waals surface area contributed by atoms with E-state index in [9.17, 15) is 4.79 Å². The number of hydrogen-bond donors (Lipinski definition) is 0. The highest BCUT2D eigenvalue weighted by Gasteiger charge is 1.91. The molecule has 0 bridgehead atoms. The Morgan fingerprint density at radius 2 is 2.00 bits per heavy atom. The maximum Gasteiger partial charge on any atom is 0.233 e. The highest BCUT2D eigenvalue weighted by molar-refractivity contribution is 5.58. The van der Waals surface area contributed by atoms with Gasteiger partial charge in [0.1, 0.15) is 0 Å². The van der Waals surface area contributed by atoms with Crippen LogP contribution in [0.4, 0.5) is 5.69 Å². The summed E-state index contributed by atoms with van der Waals surface area (Å²) in [5, 5.41) is 3.60. The molecule has 0 heterocycles. The number of nitrogens with zero attached hydrogens (tertiary/aromatic N) is 1. The summed E-state index contributed by atoms with van der Waals surface area (Å²) in [5.41, 5.74) is 1.98. The van der Waals surface area contributed by atoms with Gasteiger partial charge in [-0.2, -0.15) is 0 Å². The molecule has 0 aliphatic heterocycles. The van der Waals surface area contributed by atoms with Crippen LogP contribution in [-0.2, 0) is 11.2 Å². The van der Waals surface area contributed by atoms with Crippen LogP contribution < -0.4 is 5.32 Å². The fourth-order valence-corrected chi connectivity index (χ4v) is 0.879. The minimum Gasteiger partial charge on any atom is -0.276 e. The molecule has 57 valence electrons. The largest absolute Gasteiger partial charge is 0.276 e. The molecule has 0 aliphatic carbocycles. The number of amides is 1. The second kappa shape index (κ2) is 3.76. The highest BCUT2D eigenvalue weighted by atomic mass is 16.1. The second-order valence-electron chi connectivity index (χ2n) is 2.25. The third kappa shape index (κ3) is 2.08. The number of carbonyl (C=O) groups excluding carboxylic acids is 1. The van der Waals surface area contributed by atoms with Crippen molar-refractivity contribution in [3.63, 3.8) is 0 Å². The van der Waals surface area contributed by atoms with Crippen molar-refractivity contribution in [3.05, 3.63) is 29.8 Å². The molecule has 0 spiro atoms. The van der Waals surface area contributed by atoms with Crippen LogP contribution in [0.25, 0.3) is 0 Å². The van der Waals surface area contributed by atoms with Crippen LogP contribution in [0.15, 0.2) is 24.3 Å². The third-order valence-electron chi connectivity index (χ3n) is 1.55. The summed E-state index contributed by atoms with van der Waals surface area (Å²) >= 11 is 0. The van der Waals surface area contributed by atoms with Crippen molar-refractivity contribution < 1.29 is 4.79 Å². The van der Waals surface area contributed by atoms with Gasteiger partial charge in [-0.25, -0.2) is 5.32 Å². The topological polar surface area (TPSA) is 31.2 Å². The van der Waals surface area contributed by atoms with Gasteiger partial charge in [-0.3, -0.25) is 4.79 Å². The summed E-state index contributed by atoms with van der Waals surface area (Å²) in [4.78, 5) is 9.96. The van der Waals surface area contributed by atoms with Crippen LogP contribution >= 0.6 is 0 Å². The third-order valence-corrected chi connectivity index (χ3v) is 1.55. The van der Waals surface area contributed by atoms with E-state index in [-0.39, 0.29) is 0 Å². The van der Waals surface area contributed by atoms with Crippen LogP contribution in [-0.4, -0.2) is 6.41 Å². The van der Waals surface area contributed by atoms with Crippen molar-refractivity contribution in [1.82, 2.24) is 5.32 Å². The van der Waals surface area contributed by atoms with Gasteiger partial charge in [0.25, 0.3) is 0 Å². The average Bonchev–Trinajstić information content (AvgIpc) is 2.07. The van der Waals surface area contributed by atoms with Gasteiger partial charge in [0.15, 0.2) is 0 Å². The van der Waals surface area contributed by atoms with E-state index in [0.717, 1.165) is 12.1 Å². The van der Waals surface area contributed by atoms with Crippen molar-refractivity contribution in [2.24, 2.45) is 0 Å². The van der Waals surface area contributed by atoms with Gasteiger partial charge in [-0.15, -0.1) is 0 Å². The molecule has 1 amide bonds. The monoisotopic (exact) mass is 148 g/mol. The first-order valence-electron chi connectivity index (χ1n) is 3.60. The lowest BCUT2D eigenvalue weighted by molar-refractivity contribution is -0.108. The number of aryl methyl sites for hydroxylation is 1. The van der Waals surface area contributed by atoms with Gasteiger partial charge in [0.2, 0.25) is 6.41 Å². The standard InChI is InChI=1S/C9H10NO/c1-2-8-3-5-9(6-4-8)10-7-11/h3-7H,2H2,1H3. The first-order chi connectivity index (χ1) is 5.36. The Morgan fingerprint density at radius 3 is 2.45 bits per heavy atom. The van der Waals surface area contributed by atoms with E-state index in [1.165, 1.54) is 5.56 Å². The van der Waals surface area contributed by atoms with Crippen molar-refractivity contribution in [2.45, 2.75) is 13.3 Å². The van der Waals surface area contributed by atoms with Gasteiger partial charge in [-0.05, 0) is 24.1 Å². The molecular formula is C9H10NO. The molecule has 0 saturated carbocycles. The molecule has 2 heteroatoms. The van der Waals surface area contributed by atoms with Crippen molar-refractivity contribution >= 4 is 12.1 Å². The second-order valence-corrected chi connectivity index (χ2v) is 2.25. The smallest absolute Gasteiger partial charge is 0.233 e. The molecule has 0 N–H and O–H groups in total. The van der Waals surface area contributed by atoms with Crippen LogP contribution in [0.3, 0.4) is 0 Å². The van der Waals surface area contributed by atoms with Gasteiger partial charge in [0, 0.05) is 0 Å². The quantitative estimate of drug-likeness (QED) is 0.599. The molecule has 1 radical (unpaired) electrons. The maximum absolute atomic E-state index is 9.96. The van der Waals surface area contributed by atoms with Crippen LogP contribution in [0, 0.1) is 0 Å². The van der Waals surface area contributed by atoms with Crippen LogP contribution in [0.5, 0.6) is 0 Å². The molecule has 0 saturated heterocycles. The minimum atomic E-state index is 0.557. The van der Waals surface area contributed by atoms with E-state index < -0.39 is 0 Å². The van der Waals surface area contributed by atoms with Crippen molar-refractivity contribution in [3.8, 4) is 0 Å². The molecule has 0 atom stereocenters. The Kier molecular flexibility index (Phi) is 2.66. The SMILES string of the molecule is CCc1ccc([N]C=O)cc1. The zero-order chi connectivity index (χ0) is 8.10. The van der Waals surface area contributed by atoms with Gasteiger partial charge < -0.3 is 0 Å². The van der Waals surface area contributed by atoms with E-state index >= 15 is 0 Å².